The Balaban J connectivity index is 2.64. The molecule has 0 amide bonds. The van der Waals surface area contributed by atoms with E-state index in [1.165, 1.54) is 7.11 Å². The first-order valence-electron chi connectivity index (χ1n) is 13.7. The Hall–Kier alpha value is -3.87. The standard InChI is InChI=1S/C27H38O18/c1-11(28)36-9-18-20(38-13(3)30)22(40-15(5)32)24(26(35-8)43-18)45-27-25(42-17(7)34)23(41-16(6)33)21(39-14(4)31)19(44-27)10-37-12(2)29/h18-27H,9-10H2,1-8H3/t18-,19-,20+,21+,22+,23+,24-,25-,26-,27+/m1/s1. The Kier molecular flexibility index (Phi) is 14.1. The molecule has 0 aromatic rings. The van der Waals surface area contributed by atoms with Gasteiger partial charge in [-0.2, -0.15) is 0 Å². The number of carbonyl (C=O) groups excluding carboxylic acids is 7. The first-order chi connectivity index (χ1) is 21.0. The third-order valence-electron chi connectivity index (χ3n) is 6.12. The minimum absolute atomic E-state index is 0.448. The average Bonchev–Trinajstić information content (AvgIpc) is 2.90. The number of hydrogen-bond acceptors (Lipinski definition) is 18. The topological polar surface area (TPSA) is 221 Å². The number of hydrogen-bond donors (Lipinski definition) is 0. The first-order valence-corrected chi connectivity index (χ1v) is 13.7. The Labute approximate surface area is 258 Å². The molecule has 0 unspecified atom stereocenters. The summed E-state index contributed by atoms with van der Waals surface area (Å²) in [5.74, 6) is -5.71. The van der Waals surface area contributed by atoms with Gasteiger partial charge in [-0.15, -0.1) is 0 Å². The number of esters is 7. The van der Waals surface area contributed by atoms with Crippen LogP contribution >= 0.6 is 0 Å². The molecule has 2 aliphatic heterocycles. The first kappa shape index (κ1) is 37.3. The van der Waals surface area contributed by atoms with Crippen LogP contribution in [0.3, 0.4) is 0 Å². The molecule has 2 aliphatic rings. The largest absolute Gasteiger partial charge is 0.463 e. The molecule has 0 aromatic carbocycles. The summed E-state index contributed by atoms with van der Waals surface area (Å²) in [4.78, 5) is 83.8. The fourth-order valence-electron chi connectivity index (χ4n) is 4.66. The summed E-state index contributed by atoms with van der Waals surface area (Å²) >= 11 is 0. The van der Waals surface area contributed by atoms with E-state index in [4.69, 9.17) is 52.1 Å². The van der Waals surface area contributed by atoms with Crippen LogP contribution in [0.2, 0.25) is 0 Å². The van der Waals surface area contributed by atoms with E-state index in [1.807, 2.05) is 0 Å². The molecular weight excluding hydrogens is 612 g/mol. The van der Waals surface area contributed by atoms with Gasteiger partial charge in [-0.3, -0.25) is 33.6 Å². The van der Waals surface area contributed by atoms with E-state index in [0.717, 1.165) is 48.5 Å². The van der Waals surface area contributed by atoms with Gasteiger partial charge in [0.2, 0.25) is 0 Å². The van der Waals surface area contributed by atoms with E-state index >= 15 is 0 Å². The summed E-state index contributed by atoms with van der Waals surface area (Å²) in [5, 5.41) is 0. The van der Waals surface area contributed by atoms with Gasteiger partial charge in [0.1, 0.15) is 25.4 Å². The Morgan fingerprint density at radius 3 is 1.13 bits per heavy atom. The molecule has 0 spiro atoms. The van der Waals surface area contributed by atoms with Crippen LogP contribution in [0.15, 0.2) is 0 Å². The molecule has 0 bridgehead atoms. The molecule has 2 rings (SSSR count). The zero-order valence-electron chi connectivity index (χ0n) is 26.0. The number of carbonyl (C=O) groups is 7. The molecule has 2 saturated heterocycles. The fourth-order valence-corrected chi connectivity index (χ4v) is 4.66. The molecule has 0 saturated carbocycles. The predicted molar refractivity (Wildman–Crippen MR) is 140 cm³/mol. The predicted octanol–water partition coefficient (Wildman–Crippen LogP) is -0.747. The normalized spacial score (nSPS) is 31.0. The lowest BCUT2D eigenvalue weighted by atomic mass is 9.96. The number of ether oxygens (including phenoxy) is 11. The maximum absolute atomic E-state index is 12.2. The minimum Gasteiger partial charge on any atom is -0.463 e. The molecule has 10 atom stereocenters. The molecule has 0 radical (unpaired) electrons. The fraction of sp³-hybridized carbons (Fsp3) is 0.741. The molecule has 0 aromatic heterocycles. The molecule has 45 heavy (non-hydrogen) atoms. The maximum Gasteiger partial charge on any atom is 0.303 e. The second-order valence-electron chi connectivity index (χ2n) is 9.90. The van der Waals surface area contributed by atoms with Crippen molar-refractivity contribution in [1.29, 1.82) is 0 Å². The zero-order chi connectivity index (χ0) is 34.0. The summed E-state index contributed by atoms with van der Waals surface area (Å²) < 4.78 is 60.6. The van der Waals surface area contributed by atoms with Crippen molar-refractivity contribution < 1.29 is 85.7 Å². The van der Waals surface area contributed by atoms with Crippen molar-refractivity contribution >= 4 is 41.8 Å². The van der Waals surface area contributed by atoms with E-state index in [0.29, 0.717) is 0 Å². The van der Waals surface area contributed by atoms with Crippen LogP contribution in [0, 0.1) is 0 Å². The van der Waals surface area contributed by atoms with Crippen molar-refractivity contribution in [2.45, 2.75) is 110 Å². The van der Waals surface area contributed by atoms with Crippen molar-refractivity contribution in [2.75, 3.05) is 20.3 Å². The molecule has 0 aliphatic carbocycles. The van der Waals surface area contributed by atoms with Crippen LogP contribution in [0.25, 0.3) is 0 Å². The molecule has 254 valence electrons. The highest BCUT2D eigenvalue weighted by Crippen LogP contribution is 2.35. The van der Waals surface area contributed by atoms with Crippen LogP contribution in [0.5, 0.6) is 0 Å². The Morgan fingerprint density at radius 1 is 0.444 bits per heavy atom. The molecule has 2 heterocycles. The SMILES string of the molecule is CO[C@@H]1O[C@H](COC(C)=O)[C@H](OC(C)=O)[C@H](OC(C)=O)[C@H]1O[C@@H]1O[C@H](COC(C)=O)[C@H](OC(C)=O)[C@H](OC(C)=O)[C@H]1OC(C)=O. The van der Waals surface area contributed by atoms with Crippen molar-refractivity contribution in [3.63, 3.8) is 0 Å². The highest BCUT2D eigenvalue weighted by Gasteiger charge is 2.57. The van der Waals surface area contributed by atoms with Crippen LogP contribution in [-0.2, 0) is 85.7 Å². The second kappa shape index (κ2) is 17.0. The van der Waals surface area contributed by atoms with Crippen molar-refractivity contribution in [1.82, 2.24) is 0 Å². The molecule has 2 fully saturated rings. The number of methoxy groups -OCH3 is 1. The molecule has 18 heteroatoms. The molecule has 18 nitrogen and oxygen atoms in total. The number of rotatable bonds is 12. The van der Waals surface area contributed by atoms with E-state index < -0.39 is 116 Å². The second-order valence-corrected chi connectivity index (χ2v) is 9.90. The van der Waals surface area contributed by atoms with E-state index in [2.05, 4.69) is 0 Å². The lowest BCUT2D eigenvalue weighted by molar-refractivity contribution is -0.366. The van der Waals surface area contributed by atoms with Gasteiger partial charge in [0.05, 0.1) is 0 Å². The smallest absolute Gasteiger partial charge is 0.303 e. The summed E-state index contributed by atoms with van der Waals surface area (Å²) in [6, 6.07) is 0. The van der Waals surface area contributed by atoms with Crippen molar-refractivity contribution in [2.24, 2.45) is 0 Å². The van der Waals surface area contributed by atoms with Gasteiger partial charge in [0.15, 0.2) is 49.2 Å². The molecule has 0 N–H and O–H groups in total. The van der Waals surface area contributed by atoms with Gasteiger partial charge in [-0.25, -0.2) is 0 Å². The summed E-state index contributed by atoms with van der Waals surface area (Å²) in [7, 11) is 1.20. The lowest BCUT2D eigenvalue weighted by Crippen LogP contribution is -2.67. The van der Waals surface area contributed by atoms with E-state index in [9.17, 15) is 33.6 Å². The van der Waals surface area contributed by atoms with Crippen LogP contribution in [0.1, 0.15) is 48.5 Å². The van der Waals surface area contributed by atoms with Gasteiger partial charge >= 0.3 is 41.8 Å². The molecular formula is C27H38O18. The Morgan fingerprint density at radius 2 is 0.778 bits per heavy atom. The lowest BCUT2D eigenvalue weighted by Gasteiger charge is -2.48. The van der Waals surface area contributed by atoms with Crippen molar-refractivity contribution in [3.05, 3.63) is 0 Å². The third-order valence-corrected chi connectivity index (χ3v) is 6.12. The van der Waals surface area contributed by atoms with E-state index in [-0.39, 0.29) is 0 Å². The average molecular weight is 651 g/mol. The van der Waals surface area contributed by atoms with Crippen LogP contribution in [0.4, 0.5) is 0 Å². The zero-order valence-corrected chi connectivity index (χ0v) is 26.0. The maximum atomic E-state index is 12.2. The highest BCUT2D eigenvalue weighted by molar-refractivity contribution is 5.69. The minimum atomic E-state index is -1.74. The van der Waals surface area contributed by atoms with Crippen LogP contribution < -0.4 is 0 Å². The van der Waals surface area contributed by atoms with Gasteiger partial charge < -0.3 is 52.1 Å². The van der Waals surface area contributed by atoms with E-state index in [1.54, 1.807) is 0 Å². The van der Waals surface area contributed by atoms with Gasteiger partial charge in [-0.05, 0) is 0 Å². The third kappa shape index (κ3) is 11.2. The van der Waals surface area contributed by atoms with Gasteiger partial charge in [-0.1, -0.05) is 0 Å². The van der Waals surface area contributed by atoms with Crippen LogP contribution in [-0.4, -0.2) is 124 Å². The Bertz CT molecular complexity index is 1110. The summed E-state index contributed by atoms with van der Waals surface area (Å²) in [5.41, 5.74) is 0. The van der Waals surface area contributed by atoms with Gasteiger partial charge in [0, 0.05) is 55.6 Å². The van der Waals surface area contributed by atoms with Gasteiger partial charge in [0.25, 0.3) is 0 Å². The quantitative estimate of drug-likeness (QED) is 0.187. The van der Waals surface area contributed by atoms with Crippen molar-refractivity contribution in [3.8, 4) is 0 Å². The monoisotopic (exact) mass is 650 g/mol. The summed E-state index contributed by atoms with van der Waals surface area (Å²) in [6.07, 6.45) is -14.9. The summed E-state index contributed by atoms with van der Waals surface area (Å²) in [6.45, 7) is 6.53. The highest BCUT2D eigenvalue weighted by atomic mass is 16.8.